The van der Waals surface area contributed by atoms with Crippen LogP contribution in [0.3, 0.4) is 0 Å². The summed E-state index contributed by atoms with van der Waals surface area (Å²) >= 11 is 6.13. The molecule has 0 saturated heterocycles. The van der Waals surface area contributed by atoms with Crippen molar-refractivity contribution in [3.05, 3.63) is 17.2 Å². The molecule has 0 saturated carbocycles. The summed E-state index contributed by atoms with van der Waals surface area (Å²) in [6.45, 7) is 6.68. The van der Waals surface area contributed by atoms with Gasteiger partial charge in [-0.2, -0.15) is 0 Å². The summed E-state index contributed by atoms with van der Waals surface area (Å²) in [6, 6.07) is 2.66. The molecule has 20 heavy (non-hydrogen) atoms. The maximum atomic E-state index is 12.1. The van der Waals surface area contributed by atoms with Crippen LogP contribution < -0.4 is 20.5 Å². The third-order valence-corrected chi connectivity index (χ3v) is 3.42. The normalized spacial score (nSPS) is 15.7. The number of fused-ring (bicyclic) bond motifs is 1. The number of amides is 1. The molecular weight excluding hydrogens is 280 g/mol. The van der Waals surface area contributed by atoms with Crippen molar-refractivity contribution < 1.29 is 14.3 Å². The predicted molar refractivity (Wildman–Crippen MR) is 78.5 cm³/mol. The first-order valence-corrected chi connectivity index (χ1v) is 6.82. The van der Waals surface area contributed by atoms with E-state index in [2.05, 4.69) is 5.32 Å². The largest absolute Gasteiger partial charge is 0.486 e. The lowest BCUT2D eigenvalue weighted by atomic mass is 9.87. The highest BCUT2D eigenvalue weighted by Crippen LogP contribution is 2.38. The summed E-state index contributed by atoms with van der Waals surface area (Å²) in [5.41, 5.74) is 6.06. The van der Waals surface area contributed by atoms with Gasteiger partial charge in [-0.1, -0.05) is 32.4 Å². The molecule has 1 amide bonds. The summed E-state index contributed by atoms with van der Waals surface area (Å²) in [4.78, 5) is 12.1. The van der Waals surface area contributed by atoms with E-state index in [1.165, 1.54) is 0 Å². The lowest BCUT2D eigenvalue weighted by Crippen LogP contribution is -2.45. The molecule has 1 heterocycles. The number of benzene rings is 1. The van der Waals surface area contributed by atoms with E-state index < -0.39 is 6.04 Å². The van der Waals surface area contributed by atoms with Gasteiger partial charge in [-0.05, 0) is 5.41 Å². The van der Waals surface area contributed by atoms with Gasteiger partial charge in [0.25, 0.3) is 0 Å². The van der Waals surface area contributed by atoms with E-state index >= 15 is 0 Å². The van der Waals surface area contributed by atoms with Crippen molar-refractivity contribution in [3.8, 4) is 11.5 Å². The number of ether oxygens (including phenoxy) is 2. The molecule has 1 aliphatic rings. The number of nitrogens with two attached hydrogens (primary N) is 1. The van der Waals surface area contributed by atoms with Crippen LogP contribution in [0.15, 0.2) is 12.1 Å². The first-order valence-electron chi connectivity index (χ1n) is 6.44. The van der Waals surface area contributed by atoms with E-state index in [0.29, 0.717) is 35.4 Å². The van der Waals surface area contributed by atoms with E-state index in [1.54, 1.807) is 12.1 Å². The fraction of sp³-hybridized carbons (Fsp3) is 0.500. The van der Waals surface area contributed by atoms with Crippen LogP contribution in [0.2, 0.25) is 5.02 Å². The van der Waals surface area contributed by atoms with E-state index in [1.807, 2.05) is 20.8 Å². The number of halogens is 1. The summed E-state index contributed by atoms with van der Waals surface area (Å²) in [5.74, 6) is 0.871. The number of hydrogen-bond donors (Lipinski definition) is 2. The number of carbonyl (C=O) groups is 1. The molecule has 0 unspecified atom stereocenters. The minimum atomic E-state index is -0.633. The van der Waals surface area contributed by atoms with Gasteiger partial charge in [0.2, 0.25) is 5.91 Å². The first-order chi connectivity index (χ1) is 9.29. The lowest BCUT2D eigenvalue weighted by Gasteiger charge is -2.26. The van der Waals surface area contributed by atoms with Gasteiger partial charge in [-0.3, -0.25) is 4.79 Å². The monoisotopic (exact) mass is 298 g/mol. The van der Waals surface area contributed by atoms with Crippen LogP contribution in [0.4, 0.5) is 5.69 Å². The zero-order chi connectivity index (χ0) is 14.9. The Labute approximate surface area is 123 Å². The average molecular weight is 299 g/mol. The minimum Gasteiger partial charge on any atom is -0.486 e. The van der Waals surface area contributed by atoms with Gasteiger partial charge < -0.3 is 20.5 Å². The molecule has 1 atom stereocenters. The number of carbonyl (C=O) groups excluding carboxylic acids is 1. The Bertz CT molecular complexity index is 526. The van der Waals surface area contributed by atoms with Crippen molar-refractivity contribution >= 4 is 23.2 Å². The number of hydrogen-bond acceptors (Lipinski definition) is 4. The van der Waals surface area contributed by atoms with Crippen LogP contribution in [-0.4, -0.2) is 25.2 Å². The lowest BCUT2D eigenvalue weighted by molar-refractivity contribution is -0.119. The maximum absolute atomic E-state index is 12.1. The van der Waals surface area contributed by atoms with Crippen molar-refractivity contribution in [1.82, 2.24) is 0 Å². The fourth-order valence-corrected chi connectivity index (χ4v) is 1.96. The second-order valence-corrected chi connectivity index (χ2v) is 6.22. The molecule has 1 aromatic rings. The fourth-order valence-electron chi connectivity index (χ4n) is 1.76. The van der Waals surface area contributed by atoms with Crippen molar-refractivity contribution in [3.63, 3.8) is 0 Å². The molecule has 1 aliphatic heterocycles. The Morgan fingerprint density at radius 3 is 2.40 bits per heavy atom. The van der Waals surface area contributed by atoms with Crippen LogP contribution in [0, 0.1) is 5.41 Å². The molecule has 0 bridgehead atoms. The van der Waals surface area contributed by atoms with Gasteiger partial charge >= 0.3 is 0 Å². The predicted octanol–water partition coefficient (Wildman–Crippen LogP) is 2.42. The Morgan fingerprint density at radius 1 is 1.30 bits per heavy atom. The molecule has 5 nitrogen and oxygen atoms in total. The summed E-state index contributed by atoms with van der Waals surface area (Å²) in [6.07, 6.45) is 0. The molecule has 0 radical (unpaired) electrons. The highest BCUT2D eigenvalue weighted by Gasteiger charge is 2.28. The standard InChI is InChI=1S/C14H19ClN2O3/c1-14(2,3)12(16)13(18)17-9-7-11-10(6-8(9)15)19-4-5-20-11/h6-7,12H,4-5,16H2,1-3H3,(H,17,18)/t12-/m1/s1. The van der Waals surface area contributed by atoms with Crippen molar-refractivity contribution in [2.45, 2.75) is 26.8 Å². The SMILES string of the molecule is CC(C)(C)[C@H](N)C(=O)Nc1cc2c(cc1Cl)OCCO2. The third kappa shape index (κ3) is 3.16. The van der Waals surface area contributed by atoms with E-state index in [-0.39, 0.29) is 11.3 Å². The number of anilines is 1. The van der Waals surface area contributed by atoms with E-state index in [0.717, 1.165) is 0 Å². The number of nitrogens with one attached hydrogen (secondary N) is 1. The van der Waals surface area contributed by atoms with Crippen molar-refractivity contribution in [1.29, 1.82) is 0 Å². The molecule has 2 rings (SSSR count). The summed E-state index contributed by atoms with van der Waals surface area (Å²) in [5, 5.41) is 3.13. The molecule has 0 fully saturated rings. The van der Waals surface area contributed by atoms with Gasteiger partial charge in [-0.15, -0.1) is 0 Å². The molecule has 3 N–H and O–H groups in total. The Kier molecular flexibility index (Phi) is 4.11. The molecule has 0 aromatic heterocycles. The van der Waals surface area contributed by atoms with Crippen LogP contribution in [0.1, 0.15) is 20.8 Å². The van der Waals surface area contributed by atoms with E-state index in [9.17, 15) is 4.79 Å². The molecule has 1 aromatic carbocycles. The Morgan fingerprint density at radius 2 is 1.85 bits per heavy atom. The molecular formula is C14H19ClN2O3. The second-order valence-electron chi connectivity index (χ2n) is 5.81. The average Bonchev–Trinajstić information content (AvgIpc) is 2.37. The smallest absolute Gasteiger partial charge is 0.241 e. The second kappa shape index (κ2) is 5.50. The number of rotatable bonds is 2. The molecule has 0 aliphatic carbocycles. The van der Waals surface area contributed by atoms with Crippen molar-refractivity contribution in [2.75, 3.05) is 18.5 Å². The molecule has 6 heteroatoms. The van der Waals surface area contributed by atoms with Gasteiger partial charge in [0.15, 0.2) is 11.5 Å². The zero-order valence-electron chi connectivity index (χ0n) is 11.8. The van der Waals surface area contributed by atoms with Crippen molar-refractivity contribution in [2.24, 2.45) is 11.1 Å². The quantitative estimate of drug-likeness (QED) is 0.879. The Hall–Kier alpha value is -1.46. The topological polar surface area (TPSA) is 73.6 Å². The van der Waals surface area contributed by atoms with Gasteiger partial charge in [-0.25, -0.2) is 0 Å². The maximum Gasteiger partial charge on any atom is 0.241 e. The van der Waals surface area contributed by atoms with Crippen LogP contribution in [0.25, 0.3) is 0 Å². The van der Waals surface area contributed by atoms with Gasteiger partial charge in [0.1, 0.15) is 13.2 Å². The van der Waals surface area contributed by atoms with Crippen LogP contribution in [-0.2, 0) is 4.79 Å². The molecule has 0 spiro atoms. The zero-order valence-corrected chi connectivity index (χ0v) is 12.6. The van der Waals surface area contributed by atoms with Gasteiger partial charge in [0.05, 0.1) is 16.8 Å². The highest BCUT2D eigenvalue weighted by molar-refractivity contribution is 6.34. The first kappa shape index (κ1) is 14.9. The Balaban J connectivity index is 2.19. The molecule has 110 valence electrons. The summed E-state index contributed by atoms with van der Waals surface area (Å²) < 4.78 is 10.9. The van der Waals surface area contributed by atoms with E-state index in [4.69, 9.17) is 26.8 Å². The van der Waals surface area contributed by atoms with Crippen LogP contribution in [0.5, 0.6) is 11.5 Å². The third-order valence-electron chi connectivity index (χ3n) is 3.11. The minimum absolute atomic E-state index is 0.281. The summed E-state index contributed by atoms with van der Waals surface area (Å²) in [7, 11) is 0. The van der Waals surface area contributed by atoms with Crippen LogP contribution >= 0.6 is 11.6 Å². The van der Waals surface area contributed by atoms with Gasteiger partial charge in [0, 0.05) is 12.1 Å². The highest BCUT2D eigenvalue weighted by atomic mass is 35.5.